The molecule has 1 aliphatic carbocycles. The van der Waals surface area contributed by atoms with Gasteiger partial charge in [-0.1, -0.05) is 24.3 Å². The van der Waals surface area contributed by atoms with E-state index < -0.39 is 10.0 Å². The minimum atomic E-state index is -3.07. The summed E-state index contributed by atoms with van der Waals surface area (Å²) in [5, 5.41) is 0. The summed E-state index contributed by atoms with van der Waals surface area (Å²) in [5.41, 5.74) is 2.95. The first-order chi connectivity index (χ1) is 10.5. The molecule has 4 aliphatic rings. The Bertz CT molecular complexity index is 648. The molecule has 3 saturated heterocycles. The third-order valence-corrected chi connectivity index (χ3v) is 6.96. The zero-order valence-corrected chi connectivity index (χ0v) is 13.9. The molecule has 5 rings (SSSR count). The lowest BCUT2D eigenvalue weighted by Gasteiger charge is -2.34. The third-order valence-electron chi connectivity index (χ3n) is 5.66. The van der Waals surface area contributed by atoms with Crippen molar-refractivity contribution in [1.29, 1.82) is 0 Å². The predicted octanol–water partition coefficient (Wildman–Crippen LogP) is 1.51. The van der Waals surface area contributed by atoms with Crippen molar-refractivity contribution in [3.05, 3.63) is 35.4 Å². The van der Waals surface area contributed by atoms with Gasteiger partial charge in [-0.2, -0.15) is 4.31 Å². The minimum Gasteiger partial charge on any atom is -0.298 e. The summed E-state index contributed by atoms with van der Waals surface area (Å²) in [6.07, 6.45) is 5.80. The SMILES string of the molecule is CS(=O)(=O)N1C[C@H]2CC[C@@H]1CN(C1Cc3ccccc3C1)C2. The van der Waals surface area contributed by atoms with Gasteiger partial charge in [0.2, 0.25) is 10.0 Å². The Hall–Kier alpha value is -0.910. The average Bonchev–Trinajstić information content (AvgIpc) is 2.68. The van der Waals surface area contributed by atoms with Crippen molar-refractivity contribution in [3.63, 3.8) is 0 Å². The molecule has 0 unspecified atom stereocenters. The van der Waals surface area contributed by atoms with Crippen molar-refractivity contribution in [2.45, 2.75) is 37.8 Å². The third kappa shape index (κ3) is 2.59. The Balaban J connectivity index is 1.54. The van der Waals surface area contributed by atoms with Crippen molar-refractivity contribution in [2.75, 3.05) is 25.9 Å². The van der Waals surface area contributed by atoms with Crippen LogP contribution in [0.5, 0.6) is 0 Å². The molecule has 3 heterocycles. The molecule has 4 nitrogen and oxygen atoms in total. The first kappa shape index (κ1) is 14.7. The molecule has 120 valence electrons. The molecule has 22 heavy (non-hydrogen) atoms. The predicted molar refractivity (Wildman–Crippen MR) is 87.3 cm³/mol. The van der Waals surface area contributed by atoms with E-state index in [9.17, 15) is 8.42 Å². The number of piperidine rings is 1. The average molecular weight is 320 g/mol. The van der Waals surface area contributed by atoms with E-state index in [1.54, 1.807) is 4.31 Å². The molecule has 0 aromatic heterocycles. The summed E-state index contributed by atoms with van der Waals surface area (Å²) in [6, 6.07) is 9.46. The zero-order chi connectivity index (χ0) is 15.3. The van der Waals surface area contributed by atoms with E-state index >= 15 is 0 Å². The largest absolute Gasteiger partial charge is 0.298 e. The maximum absolute atomic E-state index is 12.0. The van der Waals surface area contributed by atoms with Gasteiger partial charge in [-0.05, 0) is 42.7 Å². The highest BCUT2D eigenvalue weighted by atomic mass is 32.2. The van der Waals surface area contributed by atoms with Crippen LogP contribution in [0.3, 0.4) is 0 Å². The van der Waals surface area contributed by atoms with Crippen LogP contribution in [0, 0.1) is 5.92 Å². The summed E-state index contributed by atoms with van der Waals surface area (Å²) >= 11 is 0. The van der Waals surface area contributed by atoms with Crippen molar-refractivity contribution in [1.82, 2.24) is 9.21 Å². The Morgan fingerprint density at radius 1 is 0.955 bits per heavy atom. The highest BCUT2D eigenvalue weighted by Crippen LogP contribution is 2.33. The molecule has 5 heteroatoms. The molecule has 3 aliphatic heterocycles. The monoisotopic (exact) mass is 320 g/mol. The second-order valence-electron chi connectivity index (χ2n) is 7.21. The van der Waals surface area contributed by atoms with Crippen molar-refractivity contribution < 1.29 is 8.42 Å². The quantitative estimate of drug-likeness (QED) is 0.829. The summed E-state index contributed by atoms with van der Waals surface area (Å²) in [7, 11) is -3.07. The molecule has 0 radical (unpaired) electrons. The summed E-state index contributed by atoms with van der Waals surface area (Å²) in [5.74, 6) is 0.497. The van der Waals surface area contributed by atoms with Gasteiger partial charge >= 0.3 is 0 Å². The first-order valence-corrected chi connectivity index (χ1v) is 10.1. The van der Waals surface area contributed by atoms with Gasteiger partial charge in [0.25, 0.3) is 0 Å². The van der Waals surface area contributed by atoms with Gasteiger partial charge < -0.3 is 0 Å². The van der Waals surface area contributed by atoms with Crippen molar-refractivity contribution in [3.8, 4) is 0 Å². The first-order valence-electron chi connectivity index (χ1n) is 8.28. The van der Waals surface area contributed by atoms with Gasteiger partial charge in [0.15, 0.2) is 0 Å². The molecule has 0 N–H and O–H groups in total. The van der Waals surface area contributed by atoms with Crippen LogP contribution in [-0.2, 0) is 22.9 Å². The zero-order valence-electron chi connectivity index (χ0n) is 13.1. The van der Waals surface area contributed by atoms with Gasteiger partial charge in [0.05, 0.1) is 6.26 Å². The molecule has 1 aromatic carbocycles. The van der Waals surface area contributed by atoms with E-state index in [1.165, 1.54) is 23.8 Å². The Morgan fingerprint density at radius 3 is 2.27 bits per heavy atom. The standard InChI is InChI=1S/C17H24N2O2S/c1-22(20,21)19-11-13-6-7-16(19)12-18(10-13)17-8-14-4-2-3-5-15(14)9-17/h2-5,13,16-17H,6-12H2,1H3/t13-,16+/m0/s1. The van der Waals surface area contributed by atoms with Crippen LogP contribution in [0.4, 0.5) is 0 Å². The van der Waals surface area contributed by atoms with E-state index in [0.29, 0.717) is 12.0 Å². The normalized spacial score (nSPS) is 30.4. The Morgan fingerprint density at radius 2 is 1.64 bits per heavy atom. The van der Waals surface area contributed by atoms with Gasteiger partial charge in [0, 0.05) is 31.7 Å². The van der Waals surface area contributed by atoms with E-state index in [2.05, 4.69) is 29.2 Å². The number of hydrogen-bond acceptors (Lipinski definition) is 3. The molecular formula is C17H24N2O2S. The lowest BCUT2D eigenvalue weighted by molar-refractivity contribution is 0.189. The lowest BCUT2D eigenvalue weighted by atomic mass is 9.97. The molecule has 0 saturated carbocycles. The molecular weight excluding hydrogens is 296 g/mol. The van der Waals surface area contributed by atoms with E-state index in [-0.39, 0.29) is 6.04 Å². The van der Waals surface area contributed by atoms with Crippen LogP contribution in [0.15, 0.2) is 24.3 Å². The number of fused-ring (bicyclic) bond motifs is 5. The number of sulfonamides is 1. The lowest BCUT2D eigenvalue weighted by Crippen LogP contribution is -2.47. The number of rotatable bonds is 2. The number of nitrogens with zero attached hydrogens (tertiary/aromatic N) is 2. The highest BCUT2D eigenvalue weighted by molar-refractivity contribution is 7.88. The fourth-order valence-corrected chi connectivity index (χ4v) is 5.77. The van der Waals surface area contributed by atoms with Gasteiger partial charge in [-0.15, -0.1) is 0 Å². The maximum Gasteiger partial charge on any atom is 0.211 e. The minimum absolute atomic E-state index is 0.178. The smallest absolute Gasteiger partial charge is 0.211 e. The fourth-order valence-electron chi connectivity index (χ4n) is 4.57. The van der Waals surface area contributed by atoms with Gasteiger partial charge in [0.1, 0.15) is 0 Å². The van der Waals surface area contributed by atoms with Crippen LogP contribution < -0.4 is 0 Å². The Labute approximate surface area is 133 Å². The molecule has 1 aromatic rings. The van der Waals surface area contributed by atoms with Crippen molar-refractivity contribution in [2.24, 2.45) is 5.92 Å². The van der Waals surface area contributed by atoms with Crippen LogP contribution >= 0.6 is 0 Å². The fraction of sp³-hybridized carbons (Fsp3) is 0.647. The topological polar surface area (TPSA) is 40.6 Å². The molecule has 2 bridgehead atoms. The molecule has 0 spiro atoms. The van der Waals surface area contributed by atoms with E-state index in [0.717, 1.165) is 38.9 Å². The number of benzene rings is 1. The molecule has 3 fully saturated rings. The van der Waals surface area contributed by atoms with Crippen LogP contribution in [0.1, 0.15) is 24.0 Å². The van der Waals surface area contributed by atoms with Crippen LogP contribution in [0.2, 0.25) is 0 Å². The van der Waals surface area contributed by atoms with Gasteiger partial charge in [-0.25, -0.2) is 8.42 Å². The summed E-state index contributed by atoms with van der Waals surface area (Å²) in [4.78, 5) is 2.58. The van der Waals surface area contributed by atoms with Crippen LogP contribution in [-0.4, -0.2) is 55.6 Å². The highest BCUT2D eigenvalue weighted by Gasteiger charge is 2.41. The summed E-state index contributed by atoms with van der Waals surface area (Å²) < 4.78 is 25.9. The maximum atomic E-state index is 12.0. The van der Waals surface area contributed by atoms with Crippen molar-refractivity contribution >= 4 is 10.0 Å². The number of hydrogen-bond donors (Lipinski definition) is 0. The van der Waals surface area contributed by atoms with E-state index in [1.807, 2.05) is 0 Å². The second-order valence-corrected chi connectivity index (χ2v) is 9.15. The van der Waals surface area contributed by atoms with Gasteiger partial charge in [-0.3, -0.25) is 4.90 Å². The summed E-state index contributed by atoms with van der Waals surface area (Å²) in [6.45, 7) is 2.68. The Kier molecular flexibility index (Phi) is 3.55. The molecule has 2 atom stereocenters. The van der Waals surface area contributed by atoms with E-state index in [4.69, 9.17) is 0 Å². The van der Waals surface area contributed by atoms with Crippen LogP contribution in [0.25, 0.3) is 0 Å². The molecule has 0 amide bonds. The second kappa shape index (κ2) is 5.32.